The second-order valence-electron chi connectivity index (χ2n) is 4.86. The molecule has 3 heteroatoms. The van der Waals surface area contributed by atoms with Crippen LogP contribution in [-0.4, -0.2) is 9.55 Å². The van der Waals surface area contributed by atoms with Gasteiger partial charge in [-0.05, 0) is 29.9 Å². The third kappa shape index (κ3) is 1.76. The van der Waals surface area contributed by atoms with Crippen molar-refractivity contribution in [2.45, 2.75) is 18.9 Å². The molecular formula is C14H17N3. The van der Waals surface area contributed by atoms with E-state index in [1.165, 1.54) is 11.1 Å². The molecule has 3 nitrogen and oxygen atoms in total. The standard InChI is InChI=1S/C14H17N3/c1-17-7-6-16-14(17)13(15)12-8-10-4-2-3-5-11(10)9-12/h2-7,12-13H,8-9,15H2,1H3. The van der Waals surface area contributed by atoms with Crippen LogP contribution in [0.5, 0.6) is 0 Å². The molecule has 0 saturated carbocycles. The van der Waals surface area contributed by atoms with E-state index in [1.807, 2.05) is 24.0 Å². The fourth-order valence-electron chi connectivity index (χ4n) is 2.76. The van der Waals surface area contributed by atoms with Crippen molar-refractivity contribution in [3.05, 3.63) is 53.6 Å². The zero-order chi connectivity index (χ0) is 11.8. The van der Waals surface area contributed by atoms with E-state index < -0.39 is 0 Å². The number of imidazole rings is 1. The number of nitrogens with zero attached hydrogens (tertiary/aromatic N) is 2. The van der Waals surface area contributed by atoms with Crippen LogP contribution < -0.4 is 5.73 Å². The normalized spacial score (nSPS) is 17.1. The maximum Gasteiger partial charge on any atom is 0.125 e. The molecule has 1 aliphatic carbocycles. The smallest absolute Gasteiger partial charge is 0.125 e. The van der Waals surface area contributed by atoms with Gasteiger partial charge in [0.25, 0.3) is 0 Å². The average molecular weight is 227 g/mol. The number of rotatable bonds is 2. The predicted octanol–water partition coefficient (Wildman–Crippen LogP) is 1.83. The van der Waals surface area contributed by atoms with E-state index >= 15 is 0 Å². The van der Waals surface area contributed by atoms with Crippen molar-refractivity contribution >= 4 is 0 Å². The summed E-state index contributed by atoms with van der Waals surface area (Å²) >= 11 is 0. The van der Waals surface area contributed by atoms with Crippen molar-refractivity contribution in [3.8, 4) is 0 Å². The monoisotopic (exact) mass is 227 g/mol. The summed E-state index contributed by atoms with van der Waals surface area (Å²) in [6, 6.07) is 8.66. The van der Waals surface area contributed by atoms with E-state index in [0.717, 1.165) is 18.7 Å². The summed E-state index contributed by atoms with van der Waals surface area (Å²) in [6.45, 7) is 0. The molecule has 3 rings (SSSR count). The van der Waals surface area contributed by atoms with Crippen LogP contribution in [0.15, 0.2) is 36.7 Å². The largest absolute Gasteiger partial charge is 0.337 e. The van der Waals surface area contributed by atoms with Crippen LogP contribution in [0.1, 0.15) is 23.0 Å². The molecule has 0 spiro atoms. The molecule has 1 aromatic carbocycles. The van der Waals surface area contributed by atoms with Gasteiger partial charge in [0.1, 0.15) is 5.82 Å². The highest BCUT2D eigenvalue weighted by molar-refractivity contribution is 5.33. The Kier molecular flexibility index (Phi) is 2.48. The van der Waals surface area contributed by atoms with E-state index in [-0.39, 0.29) is 6.04 Å². The van der Waals surface area contributed by atoms with E-state index in [0.29, 0.717) is 5.92 Å². The predicted molar refractivity (Wildman–Crippen MR) is 67.5 cm³/mol. The Hall–Kier alpha value is -1.61. The number of fused-ring (bicyclic) bond motifs is 1. The molecule has 17 heavy (non-hydrogen) atoms. The lowest BCUT2D eigenvalue weighted by molar-refractivity contribution is 0.427. The van der Waals surface area contributed by atoms with Gasteiger partial charge in [-0.2, -0.15) is 0 Å². The molecule has 1 aromatic heterocycles. The van der Waals surface area contributed by atoms with Gasteiger partial charge in [0.2, 0.25) is 0 Å². The molecule has 88 valence electrons. The number of aryl methyl sites for hydroxylation is 1. The summed E-state index contributed by atoms with van der Waals surface area (Å²) in [5.74, 6) is 1.47. The second-order valence-corrected chi connectivity index (χ2v) is 4.86. The Morgan fingerprint density at radius 1 is 1.29 bits per heavy atom. The molecule has 1 unspecified atom stereocenters. The van der Waals surface area contributed by atoms with Gasteiger partial charge in [-0.3, -0.25) is 0 Å². The summed E-state index contributed by atoms with van der Waals surface area (Å²) in [5.41, 5.74) is 9.23. The fraction of sp³-hybridized carbons (Fsp3) is 0.357. The Balaban J connectivity index is 1.83. The maximum absolute atomic E-state index is 6.34. The summed E-state index contributed by atoms with van der Waals surface area (Å²) in [4.78, 5) is 4.36. The lowest BCUT2D eigenvalue weighted by atomic mass is 9.97. The van der Waals surface area contributed by atoms with E-state index in [9.17, 15) is 0 Å². The Bertz CT molecular complexity index is 505. The summed E-state index contributed by atoms with van der Waals surface area (Å²) in [5, 5.41) is 0. The molecule has 1 atom stereocenters. The van der Waals surface area contributed by atoms with E-state index in [4.69, 9.17) is 5.73 Å². The minimum absolute atomic E-state index is 0.0300. The van der Waals surface area contributed by atoms with Crippen molar-refractivity contribution < 1.29 is 0 Å². The van der Waals surface area contributed by atoms with Crippen LogP contribution in [0.2, 0.25) is 0 Å². The molecule has 0 aliphatic heterocycles. The van der Waals surface area contributed by atoms with Gasteiger partial charge in [0.15, 0.2) is 0 Å². The molecule has 1 aliphatic rings. The Morgan fingerprint density at radius 2 is 1.94 bits per heavy atom. The summed E-state index contributed by atoms with van der Waals surface area (Å²) in [7, 11) is 2.00. The van der Waals surface area contributed by atoms with Gasteiger partial charge in [-0.15, -0.1) is 0 Å². The SMILES string of the molecule is Cn1ccnc1C(N)C1Cc2ccccc2C1. The quantitative estimate of drug-likeness (QED) is 0.850. The molecule has 2 N–H and O–H groups in total. The third-order valence-electron chi connectivity index (χ3n) is 3.75. The van der Waals surface area contributed by atoms with Gasteiger partial charge in [0.05, 0.1) is 6.04 Å². The average Bonchev–Trinajstić information content (AvgIpc) is 2.93. The molecular weight excluding hydrogens is 210 g/mol. The van der Waals surface area contributed by atoms with Crippen molar-refractivity contribution in [1.82, 2.24) is 9.55 Å². The van der Waals surface area contributed by atoms with E-state index in [1.54, 1.807) is 0 Å². The fourth-order valence-corrected chi connectivity index (χ4v) is 2.76. The number of nitrogens with two attached hydrogens (primary N) is 1. The Labute approximate surface area is 101 Å². The van der Waals surface area contributed by atoms with E-state index in [2.05, 4.69) is 29.2 Å². The lowest BCUT2D eigenvalue weighted by Crippen LogP contribution is -2.24. The zero-order valence-corrected chi connectivity index (χ0v) is 10.0. The number of hydrogen-bond acceptors (Lipinski definition) is 2. The minimum Gasteiger partial charge on any atom is -0.337 e. The second kappa shape index (κ2) is 4.00. The molecule has 0 fully saturated rings. The molecule has 2 aromatic rings. The molecule has 1 heterocycles. The van der Waals surface area contributed by atoms with Gasteiger partial charge in [-0.25, -0.2) is 4.98 Å². The molecule has 0 radical (unpaired) electrons. The molecule has 0 bridgehead atoms. The van der Waals surface area contributed by atoms with Crippen LogP contribution in [-0.2, 0) is 19.9 Å². The minimum atomic E-state index is 0.0300. The van der Waals surface area contributed by atoms with Gasteiger partial charge >= 0.3 is 0 Å². The van der Waals surface area contributed by atoms with Crippen molar-refractivity contribution in [3.63, 3.8) is 0 Å². The first kappa shape index (κ1) is 10.5. The maximum atomic E-state index is 6.34. The van der Waals surface area contributed by atoms with Gasteiger partial charge in [0, 0.05) is 19.4 Å². The van der Waals surface area contributed by atoms with Gasteiger partial charge in [-0.1, -0.05) is 24.3 Å². The Morgan fingerprint density at radius 3 is 2.47 bits per heavy atom. The van der Waals surface area contributed by atoms with Crippen molar-refractivity contribution in [2.75, 3.05) is 0 Å². The number of aromatic nitrogens is 2. The van der Waals surface area contributed by atoms with Crippen molar-refractivity contribution in [1.29, 1.82) is 0 Å². The third-order valence-corrected chi connectivity index (χ3v) is 3.75. The van der Waals surface area contributed by atoms with Crippen LogP contribution in [0.4, 0.5) is 0 Å². The zero-order valence-electron chi connectivity index (χ0n) is 10.0. The topological polar surface area (TPSA) is 43.8 Å². The van der Waals surface area contributed by atoms with Crippen LogP contribution in [0.3, 0.4) is 0 Å². The molecule has 0 saturated heterocycles. The van der Waals surface area contributed by atoms with Gasteiger partial charge < -0.3 is 10.3 Å². The lowest BCUT2D eigenvalue weighted by Gasteiger charge is -2.18. The van der Waals surface area contributed by atoms with Crippen LogP contribution in [0.25, 0.3) is 0 Å². The number of benzene rings is 1. The van der Waals surface area contributed by atoms with Crippen molar-refractivity contribution in [2.24, 2.45) is 18.7 Å². The van der Waals surface area contributed by atoms with Crippen LogP contribution >= 0.6 is 0 Å². The summed E-state index contributed by atoms with van der Waals surface area (Å²) in [6.07, 6.45) is 5.92. The first-order chi connectivity index (χ1) is 8.25. The molecule has 0 amide bonds. The highest BCUT2D eigenvalue weighted by Crippen LogP contribution is 2.33. The highest BCUT2D eigenvalue weighted by atomic mass is 15.1. The highest BCUT2D eigenvalue weighted by Gasteiger charge is 2.28. The van der Waals surface area contributed by atoms with Crippen LogP contribution in [0, 0.1) is 5.92 Å². The number of hydrogen-bond donors (Lipinski definition) is 1. The first-order valence-electron chi connectivity index (χ1n) is 6.05. The summed E-state index contributed by atoms with van der Waals surface area (Å²) < 4.78 is 2.02. The first-order valence-corrected chi connectivity index (χ1v) is 6.05.